The molecule has 1 heterocycles. The number of hydrogen-bond acceptors (Lipinski definition) is 4. The van der Waals surface area contributed by atoms with Gasteiger partial charge >= 0.3 is 0 Å². The van der Waals surface area contributed by atoms with Crippen molar-refractivity contribution in [1.82, 2.24) is 14.3 Å². The maximum Gasteiger partial charge on any atom is 0.259 e. The second kappa shape index (κ2) is 6.89. The van der Waals surface area contributed by atoms with Gasteiger partial charge in [0.15, 0.2) is 5.03 Å². The van der Waals surface area contributed by atoms with E-state index < -0.39 is 10.0 Å². The SMILES string of the molecule is CCC(C)n1cnc(S(=O)(=O)NC2CCCCC2CN)c1. The molecule has 21 heavy (non-hydrogen) atoms. The zero-order valence-corrected chi connectivity index (χ0v) is 13.6. The van der Waals surface area contributed by atoms with Crippen molar-refractivity contribution in [3.05, 3.63) is 12.5 Å². The highest BCUT2D eigenvalue weighted by atomic mass is 32.2. The van der Waals surface area contributed by atoms with Gasteiger partial charge in [0.1, 0.15) is 0 Å². The zero-order chi connectivity index (χ0) is 15.5. The summed E-state index contributed by atoms with van der Waals surface area (Å²) in [5, 5.41) is 0.101. The quantitative estimate of drug-likeness (QED) is 0.835. The van der Waals surface area contributed by atoms with E-state index in [9.17, 15) is 8.42 Å². The monoisotopic (exact) mass is 314 g/mol. The number of nitrogens with zero attached hydrogens (tertiary/aromatic N) is 2. The summed E-state index contributed by atoms with van der Waals surface area (Å²) < 4.78 is 29.6. The third-order valence-corrected chi connectivity index (χ3v) is 5.85. The van der Waals surface area contributed by atoms with E-state index in [1.807, 2.05) is 11.5 Å². The molecule has 0 amide bonds. The van der Waals surface area contributed by atoms with E-state index in [0.29, 0.717) is 6.54 Å². The fraction of sp³-hybridized carbons (Fsp3) is 0.786. The predicted molar refractivity (Wildman–Crippen MR) is 82.4 cm³/mol. The first-order chi connectivity index (χ1) is 9.97. The van der Waals surface area contributed by atoms with Crippen molar-refractivity contribution in [2.45, 2.75) is 63.1 Å². The van der Waals surface area contributed by atoms with E-state index in [4.69, 9.17) is 5.73 Å². The van der Waals surface area contributed by atoms with Crippen LogP contribution in [-0.4, -0.2) is 30.6 Å². The molecule has 1 aromatic heterocycles. The summed E-state index contributed by atoms with van der Waals surface area (Å²) in [4.78, 5) is 4.05. The standard InChI is InChI=1S/C14H26N4O2S/c1-3-11(2)18-9-14(16-10-18)21(19,20)17-13-7-5-4-6-12(13)8-15/h9-13,17H,3-8,15H2,1-2H3. The maximum absolute atomic E-state index is 12.5. The fourth-order valence-corrected chi connectivity index (χ4v) is 4.09. The van der Waals surface area contributed by atoms with Gasteiger partial charge in [-0.05, 0) is 38.6 Å². The van der Waals surface area contributed by atoms with Gasteiger partial charge in [-0.15, -0.1) is 0 Å². The Hall–Kier alpha value is -0.920. The lowest BCUT2D eigenvalue weighted by Crippen LogP contribution is -2.44. The van der Waals surface area contributed by atoms with Crippen molar-refractivity contribution in [2.75, 3.05) is 6.54 Å². The summed E-state index contributed by atoms with van der Waals surface area (Å²) in [6.07, 6.45) is 8.15. The average Bonchev–Trinajstić information content (AvgIpc) is 2.97. The predicted octanol–water partition coefficient (Wildman–Crippen LogP) is 1.65. The number of aromatic nitrogens is 2. The van der Waals surface area contributed by atoms with Crippen molar-refractivity contribution < 1.29 is 8.42 Å². The van der Waals surface area contributed by atoms with Gasteiger partial charge in [0, 0.05) is 18.3 Å². The van der Waals surface area contributed by atoms with Crippen LogP contribution in [0.2, 0.25) is 0 Å². The van der Waals surface area contributed by atoms with E-state index >= 15 is 0 Å². The number of hydrogen-bond donors (Lipinski definition) is 2. The highest BCUT2D eigenvalue weighted by molar-refractivity contribution is 7.89. The van der Waals surface area contributed by atoms with Crippen LogP contribution >= 0.6 is 0 Å². The first kappa shape index (κ1) is 16.5. The van der Waals surface area contributed by atoms with Crippen molar-refractivity contribution in [1.29, 1.82) is 0 Å². The van der Waals surface area contributed by atoms with Crippen LogP contribution in [0.3, 0.4) is 0 Å². The van der Waals surface area contributed by atoms with Gasteiger partial charge in [-0.1, -0.05) is 19.8 Å². The molecule has 1 aromatic rings. The van der Waals surface area contributed by atoms with Crippen LogP contribution in [0.5, 0.6) is 0 Å². The van der Waals surface area contributed by atoms with Gasteiger partial charge in [-0.25, -0.2) is 18.1 Å². The average molecular weight is 314 g/mol. The third-order valence-electron chi connectivity index (χ3n) is 4.47. The maximum atomic E-state index is 12.5. The molecule has 0 aliphatic heterocycles. The number of imidazole rings is 1. The first-order valence-electron chi connectivity index (χ1n) is 7.73. The van der Waals surface area contributed by atoms with Crippen LogP contribution in [0.1, 0.15) is 52.0 Å². The molecule has 0 spiro atoms. The molecule has 120 valence electrons. The molecule has 3 atom stereocenters. The summed E-state index contributed by atoms with van der Waals surface area (Å²) in [6, 6.07) is 0.176. The molecule has 1 saturated carbocycles. The number of nitrogens with one attached hydrogen (secondary N) is 1. The van der Waals surface area contributed by atoms with Gasteiger partial charge < -0.3 is 10.3 Å². The number of rotatable bonds is 6. The zero-order valence-electron chi connectivity index (χ0n) is 12.8. The Morgan fingerprint density at radius 3 is 2.86 bits per heavy atom. The Kier molecular flexibility index (Phi) is 5.40. The molecule has 3 N–H and O–H groups in total. The molecule has 0 radical (unpaired) electrons. The Morgan fingerprint density at radius 1 is 1.48 bits per heavy atom. The second-order valence-electron chi connectivity index (χ2n) is 5.92. The van der Waals surface area contributed by atoms with Crippen molar-refractivity contribution in [2.24, 2.45) is 11.7 Å². The Labute approximate surface area is 127 Å². The topological polar surface area (TPSA) is 90.0 Å². The minimum atomic E-state index is -3.56. The normalized spacial score (nSPS) is 24.9. The Balaban J connectivity index is 2.12. The number of nitrogens with two attached hydrogens (primary N) is 1. The molecular weight excluding hydrogens is 288 g/mol. The molecule has 0 bridgehead atoms. The Bertz CT molecular complexity index is 555. The van der Waals surface area contributed by atoms with E-state index in [2.05, 4.69) is 16.6 Å². The summed E-state index contributed by atoms with van der Waals surface area (Å²) in [5.74, 6) is 0.227. The summed E-state index contributed by atoms with van der Waals surface area (Å²) >= 11 is 0. The van der Waals surface area contributed by atoms with E-state index in [1.54, 1.807) is 12.5 Å². The van der Waals surface area contributed by atoms with Crippen molar-refractivity contribution in [3.63, 3.8) is 0 Å². The minimum Gasteiger partial charge on any atom is -0.333 e. The van der Waals surface area contributed by atoms with Gasteiger partial charge in [0.2, 0.25) is 0 Å². The molecule has 0 saturated heterocycles. The molecule has 0 aromatic carbocycles. The molecule has 3 unspecified atom stereocenters. The van der Waals surface area contributed by atoms with Crippen LogP contribution < -0.4 is 10.5 Å². The minimum absolute atomic E-state index is 0.0671. The largest absolute Gasteiger partial charge is 0.333 e. The molecule has 7 heteroatoms. The van der Waals surface area contributed by atoms with Gasteiger partial charge in [0.25, 0.3) is 10.0 Å². The molecule has 2 rings (SSSR count). The summed E-state index contributed by atoms with van der Waals surface area (Å²) in [6.45, 7) is 4.62. The van der Waals surface area contributed by atoms with Crippen molar-refractivity contribution in [3.8, 4) is 0 Å². The van der Waals surface area contributed by atoms with E-state index in [0.717, 1.165) is 32.1 Å². The van der Waals surface area contributed by atoms with Gasteiger partial charge in [-0.2, -0.15) is 0 Å². The van der Waals surface area contributed by atoms with Crippen molar-refractivity contribution >= 4 is 10.0 Å². The number of sulfonamides is 1. The van der Waals surface area contributed by atoms with Gasteiger partial charge in [-0.3, -0.25) is 0 Å². The highest BCUT2D eigenvalue weighted by Gasteiger charge is 2.29. The lowest BCUT2D eigenvalue weighted by molar-refractivity contribution is 0.296. The molecule has 1 aliphatic rings. The smallest absolute Gasteiger partial charge is 0.259 e. The third kappa shape index (κ3) is 3.84. The highest BCUT2D eigenvalue weighted by Crippen LogP contribution is 2.25. The van der Waals surface area contributed by atoms with Crippen LogP contribution in [0.15, 0.2) is 17.6 Å². The van der Waals surface area contributed by atoms with E-state index in [-0.39, 0.29) is 23.0 Å². The lowest BCUT2D eigenvalue weighted by Gasteiger charge is -2.30. The van der Waals surface area contributed by atoms with Crippen LogP contribution in [0.25, 0.3) is 0 Å². The van der Waals surface area contributed by atoms with Crippen LogP contribution in [-0.2, 0) is 10.0 Å². The fourth-order valence-electron chi connectivity index (χ4n) is 2.81. The lowest BCUT2D eigenvalue weighted by atomic mass is 9.85. The molecular formula is C14H26N4O2S. The van der Waals surface area contributed by atoms with E-state index in [1.165, 1.54) is 0 Å². The van der Waals surface area contributed by atoms with Crippen LogP contribution in [0, 0.1) is 5.92 Å². The second-order valence-corrected chi connectivity index (χ2v) is 7.59. The van der Waals surface area contributed by atoms with Gasteiger partial charge in [0.05, 0.1) is 6.33 Å². The molecule has 1 aliphatic carbocycles. The Morgan fingerprint density at radius 2 is 2.19 bits per heavy atom. The first-order valence-corrected chi connectivity index (χ1v) is 9.22. The van der Waals surface area contributed by atoms with Crippen LogP contribution in [0.4, 0.5) is 0 Å². The summed E-state index contributed by atoms with van der Waals surface area (Å²) in [5.41, 5.74) is 5.76. The molecule has 6 nitrogen and oxygen atoms in total. The molecule has 1 fully saturated rings. The summed E-state index contributed by atoms with van der Waals surface area (Å²) in [7, 11) is -3.56.